The van der Waals surface area contributed by atoms with Crippen molar-refractivity contribution in [3.63, 3.8) is 0 Å². The highest BCUT2D eigenvalue weighted by atomic mass is 28.3. The first-order chi connectivity index (χ1) is 16.9. The molecule has 1 aliphatic heterocycles. The van der Waals surface area contributed by atoms with E-state index in [4.69, 9.17) is 13.9 Å². The average molecular weight is 491 g/mol. The summed E-state index contributed by atoms with van der Waals surface area (Å²) >= 11 is 0. The van der Waals surface area contributed by atoms with Crippen molar-refractivity contribution in [3.05, 3.63) is 60.6 Å². The largest absolute Gasteiger partial charge is 0.460 e. The molecule has 35 heavy (non-hydrogen) atoms. The normalized spacial score (nSPS) is 14.7. The lowest BCUT2D eigenvalue weighted by Crippen LogP contribution is -2.22. The third kappa shape index (κ3) is 6.20. The SMILES string of the molecule is C[Si](C)(C)CCOCn1nccc1-c1ccc(Oc2ccc3cc(CN4CCCC4)oc3c2)nc1. The van der Waals surface area contributed by atoms with Crippen molar-refractivity contribution in [2.75, 3.05) is 19.7 Å². The minimum absolute atomic E-state index is 0.438. The van der Waals surface area contributed by atoms with Gasteiger partial charge in [0.1, 0.15) is 23.8 Å². The third-order valence-corrected chi connectivity index (χ3v) is 8.01. The number of nitrogens with zero attached hydrogens (tertiary/aromatic N) is 4. The molecule has 0 bridgehead atoms. The fraction of sp³-hybridized carbons (Fsp3) is 0.407. The zero-order valence-electron chi connectivity index (χ0n) is 20.9. The number of benzene rings is 1. The Hall–Kier alpha value is -2.94. The minimum Gasteiger partial charge on any atom is -0.460 e. The Kier molecular flexibility index (Phi) is 7.04. The fourth-order valence-electron chi connectivity index (χ4n) is 4.29. The van der Waals surface area contributed by atoms with Gasteiger partial charge in [0.2, 0.25) is 5.88 Å². The molecular formula is C27H34N4O3Si. The molecule has 0 radical (unpaired) electrons. The van der Waals surface area contributed by atoms with Crippen LogP contribution in [0.25, 0.3) is 22.2 Å². The van der Waals surface area contributed by atoms with E-state index < -0.39 is 8.07 Å². The Morgan fingerprint density at radius 3 is 2.66 bits per heavy atom. The van der Waals surface area contributed by atoms with Crippen molar-refractivity contribution in [3.8, 4) is 22.9 Å². The van der Waals surface area contributed by atoms with Crippen molar-refractivity contribution in [1.29, 1.82) is 0 Å². The van der Waals surface area contributed by atoms with Gasteiger partial charge in [-0.05, 0) is 62.3 Å². The first-order valence-corrected chi connectivity index (χ1v) is 16.1. The van der Waals surface area contributed by atoms with Crippen LogP contribution in [0, 0.1) is 0 Å². The second kappa shape index (κ2) is 10.4. The van der Waals surface area contributed by atoms with Crippen molar-refractivity contribution >= 4 is 19.0 Å². The summed E-state index contributed by atoms with van der Waals surface area (Å²) in [5, 5.41) is 5.50. The monoisotopic (exact) mass is 490 g/mol. The van der Waals surface area contributed by atoms with Gasteiger partial charge in [-0.25, -0.2) is 9.67 Å². The van der Waals surface area contributed by atoms with Crippen LogP contribution >= 0.6 is 0 Å². The smallest absolute Gasteiger partial charge is 0.219 e. The Bertz CT molecular complexity index is 1250. The molecule has 184 valence electrons. The molecule has 0 saturated carbocycles. The van der Waals surface area contributed by atoms with E-state index in [2.05, 4.69) is 40.7 Å². The molecule has 0 spiro atoms. The van der Waals surface area contributed by atoms with Crippen molar-refractivity contribution in [2.45, 2.75) is 51.8 Å². The molecule has 0 atom stereocenters. The first kappa shape index (κ1) is 23.8. The van der Waals surface area contributed by atoms with Gasteiger partial charge in [0.05, 0.1) is 12.2 Å². The maximum absolute atomic E-state index is 6.09. The summed E-state index contributed by atoms with van der Waals surface area (Å²) in [5.74, 6) is 2.25. The highest BCUT2D eigenvalue weighted by Gasteiger charge is 2.15. The number of pyridine rings is 1. The molecule has 0 unspecified atom stereocenters. The van der Waals surface area contributed by atoms with Gasteiger partial charge < -0.3 is 13.9 Å². The van der Waals surface area contributed by atoms with Gasteiger partial charge in [-0.3, -0.25) is 4.90 Å². The standard InChI is InChI=1S/C27H34N4O3Si/c1-35(2,3)15-14-32-20-31-25(10-11-29-31)22-7-9-27(28-18-22)34-23-8-6-21-16-24(33-26(21)17-23)19-30-12-4-5-13-30/h6-11,16-18H,4-5,12-15,19-20H2,1-3H3. The molecule has 1 aromatic carbocycles. The van der Waals surface area contributed by atoms with Crippen LogP contribution in [0.3, 0.4) is 0 Å². The summed E-state index contributed by atoms with van der Waals surface area (Å²) in [5.41, 5.74) is 2.78. The minimum atomic E-state index is -1.10. The number of hydrogen-bond acceptors (Lipinski definition) is 6. The lowest BCUT2D eigenvalue weighted by molar-refractivity contribution is 0.0798. The number of furan rings is 1. The molecule has 0 amide bonds. The zero-order chi connectivity index (χ0) is 24.3. The summed E-state index contributed by atoms with van der Waals surface area (Å²) in [7, 11) is -1.10. The van der Waals surface area contributed by atoms with Crippen molar-refractivity contribution in [2.24, 2.45) is 0 Å². The van der Waals surface area contributed by atoms with Gasteiger partial charge in [0.15, 0.2) is 0 Å². The third-order valence-electron chi connectivity index (χ3n) is 6.30. The van der Waals surface area contributed by atoms with Crippen LogP contribution in [0.1, 0.15) is 18.6 Å². The number of ether oxygens (including phenoxy) is 2. The fourth-order valence-corrected chi connectivity index (χ4v) is 5.05. The van der Waals surface area contributed by atoms with Crippen LogP contribution in [0.2, 0.25) is 25.7 Å². The van der Waals surface area contributed by atoms with E-state index in [9.17, 15) is 0 Å². The molecule has 4 heterocycles. The van der Waals surface area contributed by atoms with Crippen LogP contribution in [-0.4, -0.2) is 47.4 Å². The molecule has 1 aliphatic rings. The van der Waals surface area contributed by atoms with Crippen LogP contribution in [0.5, 0.6) is 11.6 Å². The van der Waals surface area contributed by atoms with Gasteiger partial charge in [0.25, 0.3) is 0 Å². The summed E-state index contributed by atoms with van der Waals surface area (Å²) in [6.07, 6.45) is 6.15. The lowest BCUT2D eigenvalue weighted by atomic mass is 10.2. The lowest BCUT2D eigenvalue weighted by Gasteiger charge is -2.16. The quantitative estimate of drug-likeness (QED) is 0.189. The maximum Gasteiger partial charge on any atom is 0.219 e. The summed E-state index contributed by atoms with van der Waals surface area (Å²) in [6, 6.07) is 15.1. The van der Waals surface area contributed by atoms with Crippen LogP contribution in [0.15, 0.2) is 59.3 Å². The second-order valence-electron chi connectivity index (χ2n) is 10.4. The van der Waals surface area contributed by atoms with Crippen LogP contribution in [-0.2, 0) is 18.0 Å². The van der Waals surface area contributed by atoms with E-state index in [0.717, 1.165) is 60.3 Å². The summed E-state index contributed by atoms with van der Waals surface area (Å²) < 4.78 is 19.8. The summed E-state index contributed by atoms with van der Waals surface area (Å²) in [4.78, 5) is 6.95. The zero-order valence-corrected chi connectivity index (χ0v) is 21.9. The van der Waals surface area contributed by atoms with Crippen molar-refractivity contribution < 1.29 is 13.9 Å². The Labute approximate surface area is 207 Å². The highest BCUT2D eigenvalue weighted by Crippen LogP contribution is 2.29. The second-order valence-corrected chi connectivity index (χ2v) is 16.1. The van der Waals surface area contributed by atoms with Gasteiger partial charge in [-0.15, -0.1) is 0 Å². The molecule has 0 aliphatic carbocycles. The van der Waals surface area contributed by atoms with Crippen molar-refractivity contribution in [1.82, 2.24) is 19.7 Å². The number of rotatable bonds is 10. The van der Waals surface area contributed by atoms with E-state index in [1.807, 2.05) is 47.3 Å². The molecular weight excluding hydrogens is 456 g/mol. The van der Waals surface area contributed by atoms with E-state index in [-0.39, 0.29) is 0 Å². The van der Waals surface area contributed by atoms with Gasteiger partial charge in [-0.1, -0.05) is 19.6 Å². The molecule has 1 fully saturated rings. The number of likely N-dealkylation sites (tertiary alicyclic amines) is 1. The van der Waals surface area contributed by atoms with E-state index >= 15 is 0 Å². The highest BCUT2D eigenvalue weighted by molar-refractivity contribution is 6.76. The summed E-state index contributed by atoms with van der Waals surface area (Å²) in [6.45, 7) is 11.4. The molecule has 1 saturated heterocycles. The van der Waals surface area contributed by atoms with E-state index in [1.165, 1.54) is 12.8 Å². The molecule has 7 nitrogen and oxygen atoms in total. The number of aromatic nitrogens is 3. The predicted molar refractivity (Wildman–Crippen MR) is 140 cm³/mol. The van der Waals surface area contributed by atoms with Crippen LogP contribution in [0.4, 0.5) is 0 Å². The molecule has 5 rings (SSSR count). The molecule has 8 heteroatoms. The Morgan fingerprint density at radius 2 is 1.89 bits per heavy atom. The number of fused-ring (bicyclic) bond motifs is 1. The molecule has 0 N–H and O–H groups in total. The van der Waals surface area contributed by atoms with Gasteiger partial charge >= 0.3 is 0 Å². The van der Waals surface area contributed by atoms with E-state index in [1.54, 1.807) is 6.20 Å². The van der Waals surface area contributed by atoms with Gasteiger partial charge in [-0.2, -0.15) is 5.10 Å². The maximum atomic E-state index is 6.09. The van der Waals surface area contributed by atoms with Gasteiger partial charge in [0, 0.05) is 50.2 Å². The Morgan fingerprint density at radius 1 is 1.03 bits per heavy atom. The Balaban J connectivity index is 1.21. The topological polar surface area (TPSA) is 65.6 Å². The number of hydrogen-bond donors (Lipinski definition) is 0. The molecule has 3 aromatic heterocycles. The molecule has 4 aromatic rings. The average Bonchev–Trinajstić information content (AvgIpc) is 3.58. The first-order valence-electron chi connectivity index (χ1n) is 12.4. The van der Waals surface area contributed by atoms with Crippen LogP contribution < -0.4 is 4.74 Å². The predicted octanol–water partition coefficient (Wildman–Crippen LogP) is 6.39. The van der Waals surface area contributed by atoms with E-state index in [0.29, 0.717) is 18.4 Å².